The maximum Gasteiger partial charge on any atom is 0.0649 e. The summed E-state index contributed by atoms with van der Waals surface area (Å²) < 4.78 is -0.0240. The van der Waals surface area contributed by atoms with Crippen molar-refractivity contribution in [2.24, 2.45) is 5.92 Å². The van der Waals surface area contributed by atoms with Crippen molar-refractivity contribution in [3.8, 4) is 0 Å². The van der Waals surface area contributed by atoms with Gasteiger partial charge in [-0.05, 0) is 136 Å². The Balaban J connectivity index is 0.000000557. The first kappa shape index (κ1) is 44.3. The molecule has 3 rings (SSSR count). The van der Waals surface area contributed by atoms with Crippen molar-refractivity contribution in [3.05, 3.63) is 106 Å². The molecule has 278 valence electrons. The van der Waals surface area contributed by atoms with E-state index < -0.39 is 0 Å². The van der Waals surface area contributed by atoms with E-state index in [1.165, 1.54) is 60.7 Å². The molecule has 3 aromatic rings. The maximum absolute atomic E-state index is 4.08. The fourth-order valence-corrected chi connectivity index (χ4v) is 9.40. The molecule has 0 N–H and O–H groups in total. The van der Waals surface area contributed by atoms with Crippen LogP contribution in [-0.4, -0.2) is 4.08 Å². The molecule has 0 aliphatic carbocycles. The van der Waals surface area contributed by atoms with Gasteiger partial charge in [0.1, 0.15) is 0 Å². The standard InChI is InChI=1S/C35H54S2.C13H20/c1-17-18-26-29(33(9,10)11)21-25(22-30(26)34(12,13)14)37-35(15,16)36-24-19-27(31(3,4)5)23(2)28(20-24)32(6,7)8;1-10(2)9-12-5-7-13(8-6-12)11(3)4/h17,19-22H,1,18H2,2-16H3;5-8,10-11H,9H2,1-4H3. The summed E-state index contributed by atoms with van der Waals surface area (Å²) in [6, 6.07) is 18.8. The van der Waals surface area contributed by atoms with Crippen molar-refractivity contribution < 1.29 is 0 Å². The molecule has 0 bridgehead atoms. The van der Waals surface area contributed by atoms with Crippen molar-refractivity contribution in [2.45, 2.75) is 186 Å². The first-order valence-electron chi connectivity index (χ1n) is 19.0. The minimum Gasteiger partial charge on any atom is -0.109 e. The molecule has 0 spiro atoms. The third kappa shape index (κ3) is 12.9. The summed E-state index contributed by atoms with van der Waals surface area (Å²) in [5, 5.41) is 0. The molecule has 2 heteroatoms. The normalized spacial score (nSPS) is 13.1. The van der Waals surface area contributed by atoms with E-state index in [1.54, 1.807) is 0 Å². The van der Waals surface area contributed by atoms with Gasteiger partial charge in [-0.25, -0.2) is 0 Å². The molecule has 0 fully saturated rings. The highest BCUT2D eigenvalue weighted by Crippen LogP contribution is 2.49. The Kier molecular flexibility index (Phi) is 14.9. The first-order valence-corrected chi connectivity index (χ1v) is 20.6. The van der Waals surface area contributed by atoms with E-state index in [9.17, 15) is 0 Å². The number of hydrogen-bond donors (Lipinski definition) is 0. The van der Waals surface area contributed by atoms with Crippen molar-refractivity contribution in [1.29, 1.82) is 0 Å². The quantitative estimate of drug-likeness (QED) is 0.123. The van der Waals surface area contributed by atoms with E-state index in [2.05, 4.69) is 193 Å². The fourth-order valence-electron chi connectivity index (χ4n) is 6.81. The zero-order valence-corrected chi connectivity index (χ0v) is 37.4. The van der Waals surface area contributed by atoms with Crippen molar-refractivity contribution in [1.82, 2.24) is 0 Å². The lowest BCUT2D eigenvalue weighted by Gasteiger charge is -2.33. The number of allylic oxidation sites excluding steroid dienone is 1. The molecule has 0 nitrogen and oxygen atoms in total. The Bertz CT molecular complexity index is 1480. The van der Waals surface area contributed by atoms with Gasteiger partial charge < -0.3 is 0 Å². The van der Waals surface area contributed by atoms with Crippen LogP contribution in [0.4, 0.5) is 0 Å². The van der Waals surface area contributed by atoms with Crippen LogP contribution < -0.4 is 0 Å². The Morgan fingerprint density at radius 3 is 1.24 bits per heavy atom. The molecular weight excluding hydrogens is 641 g/mol. The maximum atomic E-state index is 4.08. The van der Waals surface area contributed by atoms with Crippen molar-refractivity contribution >= 4 is 23.5 Å². The number of benzene rings is 3. The van der Waals surface area contributed by atoms with Crippen LogP contribution >= 0.6 is 23.5 Å². The van der Waals surface area contributed by atoms with Gasteiger partial charge in [-0.15, -0.1) is 30.1 Å². The predicted octanol–water partition coefficient (Wildman–Crippen LogP) is 15.5. The van der Waals surface area contributed by atoms with E-state index in [0.717, 1.165) is 12.3 Å². The fraction of sp³-hybridized carbons (Fsp3) is 0.583. The lowest BCUT2D eigenvalue weighted by Crippen LogP contribution is -2.22. The van der Waals surface area contributed by atoms with Crippen LogP contribution in [0, 0.1) is 12.8 Å². The second-order valence-electron chi connectivity index (χ2n) is 19.7. The molecule has 0 saturated carbocycles. The van der Waals surface area contributed by atoms with Crippen LogP contribution in [0.3, 0.4) is 0 Å². The lowest BCUT2D eigenvalue weighted by molar-refractivity contribution is 0.555. The van der Waals surface area contributed by atoms with Gasteiger partial charge in [0, 0.05) is 9.79 Å². The minimum absolute atomic E-state index is 0.0240. The van der Waals surface area contributed by atoms with E-state index in [1.807, 2.05) is 23.5 Å². The summed E-state index contributed by atoms with van der Waals surface area (Å²) in [7, 11) is 0. The van der Waals surface area contributed by atoms with Gasteiger partial charge in [0.05, 0.1) is 4.08 Å². The number of thioether (sulfide) groups is 2. The SMILES string of the molecule is C=CCc1c(C(C)(C)C)cc(SC(C)(C)Sc2cc(C(C)(C)C)c(C)c(C(C)(C)C)c2)cc1C(C)(C)C.CC(C)Cc1ccc(C(C)C)cc1. The molecule has 0 amide bonds. The van der Waals surface area contributed by atoms with Gasteiger partial charge in [0.25, 0.3) is 0 Å². The largest absolute Gasteiger partial charge is 0.109 e. The number of rotatable bonds is 9. The van der Waals surface area contributed by atoms with Crippen LogP contribution in [-0.2, 0) is 34.5 Å². The summed E-state index contributed by atoms with van der Waals surface area (Å²) in [6.45, 7) is 48.2. The van der Waals surface area contributed by atoms with Gasteiger partial charge in [-0.3, -0.25) is 0 Å². The van der Waals surface area contributed by atoms with Crippen LogP contribution in [0.15, 0.2) is 71.0 Å². The van der Waals surface area contributed by atoms with Gasteiger partial charge in [-0.2, -0.15) is 0 Å². The summed E-state index contributed by atoms with van der Waals surface area (Å²) in [5.41, 5.74) is 12.0. The topological polar surface area (TPSA) is 0 Å². The van der Waals surface area contributed by atoms with Crippen LogP contribution in [0.5, 0.6) is 0 Å². The van der Waals surface area contributed by atoms with Gasteiger partial charge in [0.15, 0.2) is 0 Å². The molecule has 0 unspecified atom stereocenters. The smallest absolute Gasteiger partial charge is 0.0649 e. The van der Waals surface area contributed by atoms with Crippen LogP contribution in [0.25, 0.3) is 0 Å². The molecule has 0 aliphatic rings. The van der Waals surface area contributed by atoms with Gasteiger partial charge in [0.2, 0.25) is 0 Å². The molecule has 0 aromatic heterocycles. The average molecular weight is 715 g/mol. The van der Waals surface area contributed by atoms with Crippen molar-refractivity contribution in [2.75, 3.05) is 0 Å². The molecule has 0 saturated heterocycles. The first-order chi connectivity index (χ1) is 22.6. The minimum atomic E-state index is -0.0240. The molecule has 3 aromatic carbocycles. The molecule has 0 atom stereocenters. The Morgan fingerprint density at radius 2 is 0.940 bits per heavy atom. The number of hydrogen-bond acceptors (Lipinski definition) is 2. The van der Waals surface area contributed by atoms with E-state index in [4.69, 9.17) is 0 Å². The summed E-state index contributed by atoms with van der Waals surface area (Å²) in [4.78, 5) is 2.73. The average Bonchev–Trinajstić information content (AvgIpc) is 2.92. The Hall–Kier alpha value is -1.90. The van der Waals surface area contributed by atoms with Crippen LogP contribution in [0.1, 0.15) is 175 Å². The molecule has 0 heterocycles. The molecule has 0 aliphatic heterocycles. The van der Waals surface area contributed by atoms with E-state index >= 15 is 0 Å². The highest BCUT2D eigenvalue weighted by Gasteiger charge is 2.30. The monoisotopic (exact) mass is 715 g/mol. The van der Waals surface area contributed by atoms with Gasteiger partial charge in [-0.1, -0.05) is 141 Å². The highest BCUT2D eigenvalue weighted by molar-refractivity contribution is 8.18. The lowest BCUT2D eigenvalue weighted by atomic mass is 9.75. The molecular formula is C48H74S2. The zero-order valence-electron chi connectivity index (χ0n) is 35.8. The summed E-state index contributed by atoms with van der Waals surface area (Å²) in [5.74, 6) is 1.40. The third-order valence-electron chi connectivity index (χ3n) is 9.20. The molecule has 50 heavy (non-hydrogen) atoms. The summed E-state index contributed by atoms with van der Waals surface area (Å²) >= 11 is 3.99. The zero-order chi connectivity index (χ0) is 38.6. The third-order valence-corrected chi connectivity index (χ3v) is 11.6. The Morgan fingerprint density at radius 1 is 0.580 bits per heavy atom. The Labute approximate surface area is 319 Å². The van der Waals surface area contributed by atoms with E-state index in [0.29, 0.717) is 5.92 Å². The molecule has 0 radical (unpaired) electrons. The second kappa shape index (κ2) is 16.8. The highest BCUT2D eigenvalue weighted by atomic mass is 32.2. The predicted molar refractivity (Wildman–Crippen MR) is 231 cm³/mol. The second-order valence-corrected chi connectivity index (χ2v) is 23.4. The van der Waals surface area contributed by atoms with E-state index in [-0.39, 0.29) is 25.7 Å². The van der Waals surface area contributed by atoms with Crippen molar-refractivity contribution in [3.63, 3.8) is 0 Å². The van der Waals surface area contributed by atoms with Gasteiger partial charge >= 0.3 is 0 Å². The van der Waals surface area contributed by atoms with Crippen LogP contribution in [0.2, 0.25) is 0 Å². The summed E-state index contributed by atoms with van der Waals surface area (Å²) in [6.07, 6.45) is 4.17.